The maximum Gasteiger partial charge on any atom is 0.327 e. The van der Waals surface area contributed by atoms with Gasteiger partial charge in [-0.2, -0.15) is 0 Å². The van der Waals surface area contributed by atoms with E-state index >= 15 is 0 Å². The molecule has 2 rings (SSSR count). The molecule has 1 heterocycles. The van der Waals surface area contributed by atoms with Gasteiger partial charge >= 0.3 is 5.97 Å². The number of hydrogen-bond donors (Lipinski definition) is 2. The number of carbonyl (C=O) groups is 2. The molecule has 1 aliphatic rings. The summed E-state index contributed by atoms with van der Waals surface area (Å²) in [5, 5.41) is 16.6. The molecular weight excluding hydrogens is 240 g/mol. The highest BCUT2D eigenvalue weighted by Gasteiger charge is 2.39. The van der Waals surface area contributed by atoms with E-state index in [1.54, 1.807) is 30.3 Å². The first-order chi connectivity index (χ1) is 8.11. The van der Waals surface area contributed by atoms with Gasteiger partial charge in [0.2, 0.25) is 0 Å². The smallest absolute Gasteiger partial charge is 0.327 e. The van der Waals surface area contributed by atoms with Crippen molar-refractivity contribution in [3.8, 4) is 0 Å². The quantitative estimate of drug-likeness (QED) is 0.828. The maximum absolute atomic E-state index is 12.1. The van der Waals surface area contributed by atoms with Crippen molar-refractivity contribution in [2.75, 3.05) is 5.75 Å². The minimum atomic E-state index is -1.08. The highest BCUT2D eigenvalue weighted by atomic mass is 32.2. The minimum absolute atomic E-state index is 0.00810. The number of carboxylic acid groups (broad SMARTS) is 1. The second-order valence-corrected chi connectivity index (χ2v) is 4.52. The highest BCUT2D eigenvalue weighted by molar-refractivity contribution is 8.14. The van der Waals surface area contributed by atoms with E-state index in [0.717, 1.165) is 16.7 Å². The molecule has 0 saturated carbocycles. The molecule has 1 atom stereocenters. The number of amides is 1. The van der Waals surface area contributed by atoms with Gasteiger partial charge in [0.1, 0.15) is 6.04 Å². The van der Waals surface area contributed by atoms with Crippen molar-refractivity contribution in [1.29, 1.82) is 5.41 Å². The van der Waals surface area contributed by atoms with Crippen LogP contribution >= 0.6 is 11.8 Å². The second kappa shape index (κ2) is 4.58. The molecule has 0 radical (unpaired) electrons. The normalized spacial score (nSPS) is 19.4. The van der Waals surface area contributed by atoms with E-state index in [0.29, 0.717) is 5.56 Å². The van der Waals surface area contributed by atoms with Crippen molar-refractivity contribution in [2.45, 2.75) is 6.04 Å². The van der Waals surface area contributed by atoms with Crippen molar-refractivity contribution < 1.29 is 14.7 Å². The van der Waals surface area contributed by atoms with Gasteiger partial charge in [0.05, 0.1) is 0 Å². The van der Waals surface area contributed by atoms with Crippen LogP contribution in [0.2, 0.25) is 0 Å². The topological polar surface area (TPSA) is 81.5 Å². The fourth-order valence-electron chi connectivity index (χ4n) is 1.58. The summed E-state index contributed by atoms with van der Waals surface area (Å²) in [6.07, 6.45) is 0. The maximum atomic E-state index is 12.1. The Morgan fingerprint density at radius 2 is 2.00 bits per heavy atom. The Labute approximate surface area is 102 Å². The molecule has 5 nitrogen and oxygen atoms in total. The van der Waals surface area contributed by atoms with E-state index in [9.17, 15) is 9.59 Å². The van der Waals surface area contributed by atoms with E-state index in [4.69, 9.17) is 10.5 Å². The SMILES string of the molecule is N=C1SCC(C(=O)O)N1C(=O)c1ccccc1. The van der Waals surface area contributed by atoms with Crippen molar-refractivity contribution in [2.24, 2.45) is 0 Å². The zero-order chi connectivity index (χ0) is 12.4. The van der Waals surface area contributed by atoms with Gasteiger partial charge in [0.25, 0.3) is 5.91 Å². The number of amidine groups is 1. The molecular formula is C11H10N2O3S. The summed E-state index contributed by atoms with van der Waals surface area (Å²) in [6.45, 7) is 0. The summed E-state index contributed by atoms with van der Waals surface area (Å²) >= 11 is 1.07. The van der Waals surface area contributed by atoms with E-state index in [1.807, 2.05) is 0 Å². The van der Waals surface area contributed by atoms with Gasteiger partial charge in [0, 0.05) is 11.3 Å². The van der Waals surface area contributed by atoms with Crippen molar-refractivity contribution in [3.63, 3.8) is 0 Å². The molecule has 1 aliphatic heterocycles. The molecule has 1 unspecified atom stereocenters. The standard InChI is InChI=1S/C11H10N2O3S/c12-11-13(8(6-17-11)10(15)16)9(14)7-4-2-1-3-5-7/h1-5,8,12H,6H2,(H,15,16). The number of nitrogens with zero attached hydrogens (tertiary/aromatic N) is 1. The van der Waals surface area contributed by atoms with Crippen LogP contribution in [-0.4, -0.2) is 38.8 Å². The second-order valence-electron chi connectivity index (χ2n) is 3.51. The lowest BCUT2D eigenvalue weighted by molar-refractivity contribution is -0.140. The summed E-state index contributed by atoms with van der Waals surface area (Å²) in [5.74, 6) is -1.29. The molecule has 1 aromatic carbocycles. The lowest BCUT2D eigenvalue weighted by Gasteiger charge is -2.20. The van der Waals surface area contributed by atoms with Crippen LogP contribution in [0.15, 0.2) is 30.3 Å². The third-order valence-corrected chi connectivity index (χ3v) is 3.39. The number of benzene rings is 1. The Balaban J connectivity index is 2.29. The summed E-state index contributed by atoms with van der Waals surface area (Å²) in [6, 6.07) is 7.45. The van der Waals surface area contributed by atoms with Crippen LogP contribution in [0.4, 0.5) is 0 Å². The molecule has 0 aromatic heterocycles. The predicted molar refractivity (Wildman–Crippen MR) is 64.2 cm³/mol. The monoisotopic (exact) mass is 250 g/mol. The lowest BCUT2D eigenvalue weighted by atomic mass is 10.2. The number of nitrogens with one attached hydrogen (secondary N) is 1. The van der Waals surface area contributed by atoms with Crippen LogP contribution < -0.4 is 0 Å². The van der Waals surface area contributed by atoms with Gasteiger partial charge in [-0.05, 0) is 12.1 Å². The molecule has 1 aromatic rings. The fraction of sp³-hybridized carbons (Fsp3) is 0.182. The third-order valence-electron chi connectivity index (χ3n) is 2.43. The molecule has 0 aliphatic carbocycles. The molecule has 88 valence electrons. The number of hydrogen-bond acceptors (Lipinski definition) is 4. The first-order valence-electron chi connectivity index (χ1n) is 4.94. The number of thioether (sulfide) groups is 1. The van der Waals surface area contributed by atoms with Crippen LogP contribution in [0.5, 0.6) is 0 Å². The van der Waals surface area contributed by atoms with Crippen molar-refractivity contribution >= 4 is 28.8 Å². The Bertz CT molecular complexity index is 475. The summed E-state index contributed by atoms with van der Waals surface area (Å²) in [7, 11) is 0. The molecule has 0 bridgehead atoms. The Morgan fingerprint density at radius 1 is 1.35 bits per heavy atom. The molecule has 0 spiro atoms. The van der Waals surface area contributed by atoms with Crippen LogP contribution in [0.25, 0.3) is 0 Å². The molecule has 17 heavy (non-hydrogen) atoms. The third kappa shape index (κ3) is 2.16. The van der Waals surface area contributed by atoms with Gasteiger partial charge in [-0.3, -0.25) is 15.1 Å². The first kappa shape index (κ1) is 11.7. The summed E-state index contributed by atoms with van der Waals surface area (Å²) in [5.41, 5.74) is 0.394. The van der Waals surface area contributed by atoms with Crippen LogP contribution in [-0.2, 0) is 4.79 Å². The summed E-state index contributed by atoms with van der Waals surface area (Å²) < 4.78 is 0. The lowest BCUT2D eigenvalue weighted by Crippen LogP contribution is -2.43. The molecule has 6 heteroatoms. The van der Waals surface area contributed by atoms with E-state index in [1.165, 1.54) is 0 Å². The largest absolute Gasteiger partial charge is 0.480 e. The highest BCUT2D eigenvalue weighted by Crippen LogP contribution is 2.25. The number of carbonyl (C=O) groups excluding carboxylic acids is 1. The average Bonchev–Trinajstić information content (AvgIpc) is 2.71. The molecule has 1 amide bonds. The van der Waals surface area contributed by atoms with E-state index in [2.05, 4.69) is 0 Å². The van der Waals surface area contributed by atoms with E-state index in [-0.39, 0.29) is 10.9 Å². The van der Waals surface area contributed by atoms with Gasteiger partial charge in [-0.25, -0.2) is 4.79 Å². The van der Waals surface area contributed by atoms with Crippen molar-refractivity contribution in [3.05, 3.63) is 35.9 Å². The average molecular weight is 250 g/mol. The zero-order valence-corrected chi connectivity index (χ0v) is 9.61. The summed E-state index contributed by atoms with van der Waals surface area (Å²) in [4.78, 5) is 24.1. The van der Waals surface area contributed by atoms with Gasteiger partial charge in [-0.15, -0.1) is 0 Å². The predicted octanol–water partition coefficient (Wildman–Crippen LogP) is 1.26. The van der Waals surface area contributed by atoms with Crippen LogP contribution in [0.1, 0.15) is 10.4 Å². The van der Waals surface area contributed by atoms with Crippen molar-refractivity contribution in [1.82, 2.24) is 4.90 Å². The Hall–Kier alpha value is -1.82. The number of carboxylic acids is 1. The molecule has 2 N–H and O–H groups in total. The van der Waals surface area contributed by atoms with Gasteiger partial charge in [-0.1, -0.05) is 30.0 Å². The fourth-order valence-corrected chi connectivity index (χ4v) is 2.54. The Kier molecular flexibility index (Phi) is 3.14. The van der Waals surface area contributed by atoms with Crippen LogP contribution in [0, 0.1) is 5.41 Å². The van der Waals surface area contributed by atoms with Gasteiger partial charge in [0.15, 0.2) is 5.17 Å². The van der Waals surface area contributed by atoms with Crippen LogP contribution in [0.3, 0.4) is 0 Å². The van der Waals surface area contributed by atoms with E-state index < -0.39 is 17.9 Å². The molecule has 1 fully saturated rings. The Morgan fingerprint density at radius 3 is 2.59 bits per heavy atom. The zero-order valence-electron chi connectivity index (χ0n) is 8.79. The molecule has 1 saturated heterocycles. The minimum Gasteiger partial charge on any atom is -0.480 e. The number of aliphatic carboxylic acids is 1. The first-order valence-corrected chi connectivity index (χ1v) is 5.92. The number of rotatable bonds is 2. The van der Waals surface area contributed by atoms with Gasteiger partial charge < -0.3 is 5.11 Å².